The summed E-state index contributed by atoms with van der Waals surface area (Å²) in [5, 5.41) is 19.5. The van der Waals surface area contributed by atoms with E-state index in [1.807, 2.05) is 6.07 Å². The van der Waals surface area contributed by atoms with E-state index < -0.39 is 21.0 Å². The molecule has 0 aliphatic carbocycles. The number of hydrogen-bond acceptors (Lipinski definition) is 5. The van der Waals surface area contributed by atoms with Crippen LogP contribution in [0.5, 0.6) is 0 Å². The third-order valence-corrected chi connectivity index (χ3v) is 3.87. The van der Waals surface area contributed by atoms with E-state index in [4.69, 9.17) is 5.26 Å². The molecule has 0 fully saturated rings. The molecular weight excluding hydrogens is 270 g/mol. The standard InChI is InChI=1S/C11H13N3O4S/c1-8(2)11(7-12)13-19(17,18)10-5-3-4-9(6-10)14(15)16/h3-6,8,11,13H,1-2H3. The van der Waals surface area contributed by atoms with Crippen molar-refractivity contribution in [1.82, 2.24) is 4.72 Å². The number of benzene rings is 1. The van der Waals surface area contributed by atoms with Crippen LogP contribution < -0.4 is 4.72 Å². The van der Waals surface area contributed by atoms with Crippen molar-refractivity contribution < 1.29 is 13.3 Å². The van der Waals surface area contributed by atoms with Gasteiger partial charge >= 0.3 is 0 Å². The van der Waals surface area contributed by atoms with E-state index in [0.29, 0.717) is 0 Å². The highest BCUT2D eigenvalue weighted by molar-refractivity contribution is 7.89. The lowest BCUT2D eigenvalue weighted by molar-refractivity contribution is -0.385. The van der Waals surface area contributed by atoms with Gasteiger partial charge in [0.2, 0.25) is 10.0 Å². The fourth-order valence-electron chi connectivity index (χ4n) is 1.31. The Hall–Kier alpha value is -1.98. The van der Waals surface area contributed by atoms with Crippen LogP contribution in [0.4, 0.5) is 5.69 Å². The van der Waals surface area contributed by atoms with Gasteiger partial charge in [-0.3, -0.25) is 10.1 Å². The molecule has 8 heteroatoms. The van der Waals surface area contributed by atoms with Crippen molar-refractivity contribution in [2.45, 2.75) is 24.8 Å². The lowest BCUT2D eigenvalue weighted by Gasteiger charge is -2.14. The topological polar surface area (TPSA) is 113 Å². The van der Waals surface area contributed by atoms with Gasteiger partial charge < -0.3 is 0 Å². The van der Waals surface area contributed by atoms with Gasteiger partial charge in [-0.1, -0.05) is 19.9 Å². The van der Waals surface area contributed by atoms with Crippen molar-refractivity contribution >= 4 is 15.7 Å². The van der Waals surface area contributed by atoms with Gasteiger partial charge in [-0.25, -0.2) is 8.42 Å². The molecule has 7 nitrogen and oxygen atoms in total. The molecule has 0 heterocycles. The average Bonchev–Trinajstić information content (AvgIpc) is 2.35. The summed E-state index contributed by atoms with van der Waals surface area (Å²) in [5.74, 6) is -0.210. The van der Waals surface area contributed by atoms with Crippen LogP contribution in [0, 0.1) is 27.4 Å². The zero-order valence-electron chi connectivity index (χ0n) is 10.4. The fraction of sp³-hybridized carbons (Fsp3) is 0.364. The molecule has 0 saturated heterocycles. The van der Waals surface area contributed by atoms with Crippen molar-refractivity contribution in [2.24, 2.45) is 5.92 Å². The Morgan fingerprint density at radius 2 is 2.05 bits per heavy atom. The summed E-state index contributed by atoms with van der Waals surface area (Å²) in [6.07, 6.45) is 0. The van der Waals surface area contributed by atoms with Crippen molar-refractivity contribution in [3.63, 3.8) is 0 Å². The third-order valence-electron chi connectivity index (χ3n) is 2.43. The SMILES string of the molecule is CC(C)C(C#N)NS(=O)(=O)c1cccc([N+](=O)[O-])c1. The van der Waals surface area contributed by atoms with Crippen LogP contribution >= 0.6 is 0 Å². The highest BCUT2D eigenvalue weighted by Gasteiger charge is 2.23. The van der Waals surface area contributed by atoms with E-state index in [1.54, 1.807) is 13.8 Å². The van der Waals surface area contributed by atoms with Gasteiger partial charge in [-0.15, -0.1) is 0 Å². The van der Waals surface area contributed by atoms with E-state index in [-0.39, 0.29) is 16.5 Å². The van der Waals surface area contributed by atoms with Crippen LogP contribution in [0.3, 0.4) is 0 Å². The summed E-state index contributed by atoms with van der Waals surface area (Å²) in [4.78, 5) is 9.69. The Labute approximate surface area is 111 Å². The molecule has 1 rings (SSSR count). The molecule has 1 unspecified atom stereocenters. The molecule has 1 aromatic rings. The minimum Gasteiger partial charge on any atom is -0.258 e. The first-order valence-electron chi connectivity index (χ1n) is 5.44. The lowest BCUT2D eigenvalue weighted by atomic mass is 10.1. The Bertz CT molecular complexity index is 619. The molecule has 1 N–H and O–H groups in total. The van der Waals surface area contributed by atoms with E-state index in [2.05, 4.69) is 4.72 Å². The monoisotopic (exact) mass is 283 g/mol. The second kappa shape index (κ2) is 5.77. The predicted molar refractivity (Wildman–Crippen MR) is 67.7 cm³/mol. The molecule has 19 heavy (non-hydrogen) atoms. The second-order valence-corrected chi connectivity index (χ2v) is 5.94. The summed E-state index contributed by atoms with van der Waals surface area (Å²) in [6, 6.07) is 5.63. The van der Waals surface area contributed by atoms with Crippen molar-refractivity contribution in [2.75, 3.05) is 0 Å². The fourth-order valence-corrected chi connectivity index (χ4v) is 2.64. The summed E-state index contributed by atoms with van der Waals surface area (Å²) in [7, 11) is -3.95. The molecule has 0 bridgehead atoms. The van der Waals surface area contributed by atoms with E-state index in [9.17, 15) is 18.5 Å². The minimum absolute atomic E-state index is 0.210. The Morgan fingerprint density at radius 3 is 2.53 bits per heavy atom. The van der Waals surface area contributed by atoms with Crippen LogP contribution in [0.15, 0.2) is 29.2 Å². The first-order valence-corrected chi connectivity index (χ1v) is 6.92. The first-order chi connectivity index (χ1) is 8.77. The molecular formula is C11H13N3O4S. The number of non-ortho nitro benzene ring substituents is 1. The Kier molecular flexibility index (Phi) is 4.58. The molecule has 0 aliphatic heterocycles. The third kappa shape index (κ3) is 3.74. The van der Waals surface area contributed by atoms with Crippen molar-refractivity contribution in [3.8, 4) is 6.07 Å². The number of rotatable bonds is 5. The Balaban J connectivity index is 3.11. The minimum atomic E-state index is -3.95. The second-order valence-electron chi connectivity index (χ2n) is 4.23. The van der Waals surface area contributed by atoms with Gasteiger partial charge in [0.05, 0.1) is 15.9 Å². The van der Waals surface area contributed by atoms with E-state index >= 15 is 0 Å². The zero-order chi connectivity index (χ0) is 14.6. The van der Waals surface area contributed by atoms with Gasteiger partial charge in [-0.2, -0.15) is 9.98 Å². The van der Waals surface area contributed by atoms with Crippen molar-refractivity contribution in [3.05, 3.63) is 34.4 Å². The summed E-state index contributed by atoms with van der Waals surface area (Å²) < 4.78 is 26.2. The van der Waals surface area contributed by atoms with Gasteiger partial charge in [0.15, 0.2) is 0 Å². The first kappa shape index (κ1) is 15.1. The van der Waals surface area contributed by atoms with Crippen molar-refractivity contribution in [1.29, 1.82) is 5.26 Å². The van der Waals surface area contributed by atoms with E-state index in [0.717, 1.165) is 6.07 Å². The number of nitro benzene ring substituents is 1. The number of nitrogens with one attached hydrogen (secondary N) is 1. The smallest absolute Gasteiger partial charge is 0.258 e. The molecule has 0 aliphatic rings. The molecule has 0 amide bonds. The highest BCUT2D eigenvalue weighted by Crippen LogP contribution is 2.18. The van der Waals surface area contributed by atoms with Crippen LogP contribution in [0.25, 0.3) is 0 Å². The number of sulfonamides is 1. The molecule has 102 valence electrons. The number of hydrogen-bond donors (Lipinski definition) is 1. The predicted octanol–water partition coefficient (Wildman–Crippen LogP) is 1.42. The van der Waals surface area contributed by atoms with E-state index in [1.165, 1.54) is 18.2 Å². The quantitative estimate of drug-likeness (QED) is 0.648. The summed E-state index contributed by atoms with van der Waals surface area (Å²) in [6.45, 7) is 3.40. The molecule has 0 saturated carbocycles. The zero-order valence-corrected chi connectivity index (χ0v) is 11.2. The molecule has 0 radical (unpaired) electrons. The maximum absolute atomic E-state index is 12.0. The van der Waals surface area contributed by atoms with Crippen LogP contribution in [-0.2, 0) is 10.0 Å². The number of nitro groups is 1. The largest absolute Gasteiger partial charge is 0.270 e. The van der Waals surface area contributed by atoms with Gasteiger partial charge in [-0.05, 0) is 12.0 Å². The van der Waals surface area contributed by atoms with Gasteiger partial charge in [0.25, 0.3) is 5.69 Å². The molecule has 0 spiro atoms. The highest BCUT2D eigenvalue weighted by atomic mass is 32.2. The lowest BCUT2D eigenvalue weighted by Crippen LogP contribution is -2.37. The average molecular weight is 283 g/mol. The van der Waals surface area contributed by atoms with Crippen LogP contribution in [0.2, 0.25) is 0 Å². The summed E-state index contributed by atoms with van der Waals surface area (Å²) in [5.41, 5.74) is -0.319. The number of nitriles is 1. The summed E-state index contributed by atoms with van der Waals surface area (Å²) >= 11 is 0. The normalized spacial score (nSPS) is 12.9. The van der Waals surface area contributed by atoms with Crippen LogP contribution in [0.1, 0.15) is 13.8 Å². The molecule has 1 atom stereocenters. The Morgan fingerprint density at radius 1 is 1.42 bits per heavy atom. The van der Waals surface area contributed by atoms with Gasteiger partial charge in [0, 0.05) is 12.1 Å². The van der Waals surface area contributed by atoms with Gasteiger partial charge in [0.1, 0.15) is 6.04 Å². The maximum atomic E-state index is 12.0. The molecule has 0 aromatic heterocycles. The molecule has 1 aromatic carbocycles. The number of nitrogens with zero attached hydrogens (tertiary/aromatic N) is 2. The maximum Gasteiger partial charge on any atom is 0.270 e. The van der Waals surface area contributed by atoms with Crippen LogP contribution in [-0.4, -0.2) is 19.4 Å².